The molecule has 0 aliphatic carbocycles. The van der Waals surface area contributed by atoms with Crippen molar-refractivity contribution in [3.05, 3.63) is 52.0 Å². The standard InChI is InChI=1S/C22H27BrN2O4S/c1-16-6-9-18(30(27,28)25-12-4-3-5-13-25)15-20(16)24-22(26)11-8-17-7-10-21(29-2)19(23)14-17/h6-7,9-10,14-15H,3-5,8,11-13H2,1-2H3,(H,24,26). The molecule has 0 aromatic heterocycles. The van der Waals surface area contributed by atoms with Crippen molar-refractivity contribution in [3.63, 3.8) is 0 Å². The zero-order valence-corrected chi connectivity index (χ0v) is 19.7. The molecule has 0 bridgehead atoms. The van der Waals surface area contributed by atoms with Gasteiger partial charge < -0.3 is 10.1 Å². The number of ether oxygens (including phenoxy) is 1. The van der Waals surface area contributed by atoms with Gasteiger partial charge in [0, 0.05) is 25.2 Å². The summed E-state index contributed by atoms with van der Waals surface area (Å²) in [6.07, 6.45) is 3.69. The molecule has 2 aromatic rings. The summed E-state index contributed by atoms with van der Waals surface area (Å²) < 4.78 is 33.5. The van der Waals surface area contributed by atoms with Crippen molar-refractivity contribution in [3.8, 4) is 5.75 Å². The summed E-state index contributed by atoms with van der Waals surface area (Å²) in [7, 11) is -1.93. The molecule has 162 valence electrons. The van der Waals surface area contributed by atoms with Crippen molar-refractivity contribution >= 4 is 37.5 Å². The van der Waals surface area contributed by atoms with E-state index >= 15 is 0 Å². The highest BCUT2D eigenvalue weighted by Crippen LogP contribution is 2.27. The molecule has 1 saturated heterocycles. The van der Waals surface area contributed by atoms with Gasteiger partial charge in [0.2, 0.25) is 15.9 Å². The smallest absolute Gasteiger partial charge is 0.243 e. The Balaban J connectivity index is 1.68. The third kappa shape index (κ3) is 5.42. The second-order valence-electron chi connectivity index (χ2n) is 7.46. The Morgan fingerprint density at radius 3 is 2.53 bits per heavy atom. The Bertz CT molecular complexity index is 1020. The third-order valence-corrected chi connectivity index (χ3v) is 7.81. The minimum Gasteiger partial charge on any atom is -0.496 e. The molecule has 1 amide bonds. The van der Waals surface area contributed by atoms with E-state index < -0.39 is 10.0 Å². The zero-order chi connectivity index (χ0) is 21.7. The summed E-state index contributed by atoms with van der Waals surface area (Å²) in [5.74, 6) is 0.586. The molecule has 3 rings (SSSR count). The van der Waals surface area contributed by atoms with Gasteiger partial charge in [-0.1, -0.05) is 18.6 Å². The van der Waals surface area contributed by atoms with E-state index in [9.17, 15) is 13.2 Å². The van der Waals surface area contributed by atoms with Gasteiger partial charge in [0.25, 0.3) is 0 Å². The number of anilines is 1. The molecule has 6 nitrogen and oxygen atoms in total. The normalized spacial score (nSPS) is 15.0. The minimum atomic E-state index is -3.54. The van der Waals surface area contributed by atoms with Crippen LogP contribution in [-0.4, -0.2) is 38.8 Å². The molecule has 0 saturated carbocycles. The number of benzene rings is 2. The fourth-order valence-corrected chi connectivity index (χ4v) is 5.62. The summed E-state index contributed by atoms with van der Waals surface area (Å²) in [6.45, 7) is 2.96. The topological polar surface area (TPSA) is 75.7 Å². The van der Waals surface area contributed by atoms with Gasteiger partial charge in [-0.15, -0.1) is 0 Å². The van der Waals surface area contributed by atoms with Gasteiger partial charge in [0.1, 0.15) is 5.75 Å². The zero-order valence-electron chi connectivity index (χ0n) is 17.3. The van der Waals surface area contributed by atoms with Gasteiger partial charge in [0.05, 0.1) is 16.5 Å². The molecule has 1 heterocycles. The number of nitrogens with one attached hydrogen (secondary N) is 1. The Morgan fingerprint density at radius 1 is 1.13 bits per heavy atom. The average molecular weight is 495 g/mol. The Labute approximate surface area is 186 Å². The number of hydrogen-bond acceptors (Lipinski definition) is 4. The number of carbonyl (C=O) groups excluding carboxylic acids is 1. The lowest BCUT2D eigenvalue weighted by Crippen LogP contribution is -2.35. The van der Waals surface area contributed by atoms with Crippen molar-refractivity contribution in [2.75, 3.05) is 25.5 Å². The fourth-order valence-electron chi connectivity index (χ4n) is 3.49. The monoisotopic (exact) mass is 494 g/mol. The van der Waals surface area contributed by atoms with Crippen LogP contribution < -0.4 is 10.1 Å². The number of halogens is 1. The van der Waals surface area contributed by atoms with Crippen LogP contribution in [0.3, 0.4) is 0 Å². The van der Waals surface area contributed by atoms with E-state index in [2.05, 4.69) is 21.2 Å². The van der Waals surface area contributed by atoms with E-state index in [0.717, 1.165) is 40.6 Å². The molecule has 8 heteroatoms. The first-order valence-corrected chi connectivity index (χ1v) is 12.3. The van der Waals surface area contributed by atoms with E-state index in [1.165, 1.54) is 4.31 Å². The van der Waals surface area contributed by atoms with Crippen LogP contribution in [0.4, 0.5) is 5.69 Å². The van der Waals surface area contributed by atoms with Crippen LogP contribution in [0.15, 0.2) is 45.8 Å². The number of sulfonamides is 1. The van der Waals surface area contributed by atoms with Crippen molar-refractivity contribution in [1.82, 2.24) is 4.31 Å². The first kappa shape index (κ1) is 22.8. The Hall–Kier alpha value is -1.90. The summed E-state index contributed by atoms with van der Waals surface area (Å²) >= 11 is 3.45. The van der Waals surface area contributed by atoms with Gasteiger partial charge >= 0.3 is 0 Å². The molecule has 30 heavy (non-hydrogen) atoms. The summed E-state index contributed by atoms with van der Waals surface area (Å²) in [4.78, 5) is 12.7. The predicted molar refractivity (Wildman–Crippen MR) is 121 cm³/mol. The SMILES string of the molecule is COc1ccc(CCC(=O)Nc2cc(S(=O)(=O)N3CCCCC3)ccc2C)cc1Br. The molecule has 0 atom stereocenters. The number of methoxy groups -OCH3 is 1. The van der Waals surface area contributed by atoms with E-state index in [4.69, 9.17) is 4.74 Å². The molecular weight excluding hydrogens is 468 g/mol. The first-order valence-electron chi connectivity index (χ1n) is 10.0. The minimum absolute atomic E-state index is 0.155. The van der Waals surface area contributed by atoms with Crippen LogP contribution in [0.25, 0.3) is 0 Å². The molecule has 0 unspecified atom stereocenters. The maximum Gasteiger partial charge on any atom is 0.243 e. The lowest BCUT2D eigenvalue weighted by atomic mass is 10.1. The molecular formula is C22H27BrN2O4S. The molecule has 1 fully saturated rings. The number of nitrogens with zero attached hydrogens (tertiary/aromatic N) is 1. The Kier molecular flexibility index (Phi) is 7.55. The van der Waals surface area contributed by atoms with Crippen molar-refractivity contribution in [2.24, 2.45) is 0 Å². The number of aryl methyl sites for hydroxylation is 2. The fraction of sp³-hybridized carbons (Fsp3) is 0.409. The van der Waals surface area contributed by atoms with Gasteiger partial charge in [0.15, 0.2) is 0 Å². The lowest BCUT2D eigenvalue weighted by molar-refractivity contribution is -0.116. The summed E-state index contributed by atoms with van der Waals surface area (Å²) in [6, 6.07) is 10.6. The van der Waals surface area contributed by atoms with E-state index in [1.54, 1.807) is 25.3 Å². The maximum atomic E-state index is 12.9. The van der Waals surface area contributed by atoms with Crippen molar-refractivity contribution in [2.45, 2.75) is 43.9 Å². The van der Waals surface area contributed by atoms with Crippen LogP contribution >= 0.6 is 15.9 Å². The van der Waals surface area contributed by atoms with Gasteiger partial charge in [-0.3, -0.25) is 4.79 Å². The maximum absolute atomic E-state index is 12.9. The summed E-state index contributed by atoms with van der Waals surface area (Å²) in [5.41, 5.74) is 2.37. The lowest BCUT2D eigenvalue weighted by Gasteiger charge is -2.26. The van der Waals surface area contributed by atoms with Crippen LogP contribution in [0.5, 0.6) is 5.75 Å². The van der Waals surface area contributed by atoms with Crippen molar-refractivity contribution in [1.29, 1.82) is 0 Å². The quantitative estimate of drug-likeness (QED) is 0.614. The second-order valence-corrected chi connectivity index (χ2v) is 10.3. The van der Waals surface area contributed by atoms with Crippen LogP contribution in [-0.2, 0) is 21.2 Å². The van der Waals surface area contributed by atoms with Gasteiger partial charge in [-0.25, -0.2) is 8.42 Å². The number of piperidine rings is 1. The highest BCUT2D eigenvalue weighted by molar-refractivity contribution is 9.10. The predicted octanol–water partition coefficient (Wildman–Crippen LogP) is 4.51. The number of amides is 1. The number of rotatable bonds is 7. The average Bonchev–Trinajstić information content (AvgIpc) is 2.74. The van der Waals surface area contributed by atoms with Gasteiger partial charge in [-0.05, 0) is 77.5 Å². The molecule has 1 aliphatic heterocycles. The van der Waals surface area contributed by atoms with Crippen molar-refractivity contribution < 1.29 is 17.9 Å². The molecule has 0 radical (unpaired) electrons. The first-order chi connectivity index (χ1) is 14.3. The number of hydrogen-bond donors (Lipinski definition) is 1. The largest absolute Gasteiger partial charge is 0.496 e. The van der Waals surface area contributed by atoms with Crippen LogP contribution in [0.1, 0.15) is 36.8 Å². The highest BCUT2D eigenvalue weighted by atomic mass is 79.9. The van der Waals surface area contributed by atoms with E-state index in [-0.39, 0.29) is 10.8 Å². The summed E-state index contributed by atoms with van der Waals surface area (Å²) in [5, 5.41) is 2.87. The molecule has 1 N–H and O–H groups in total. The highest BCUT2D eigenvalue weighted by Gasteiger charge is 2.26. The third-order valence-electron chi connectivity index (χ3n) is 5.29. The van der Waals surface area contributed by atoms with Gasteiger partial charge in [-0.2, -0.15) is 4.31 Å². The molecule has 1 aliphatic rings. The van der Waals surface area contributed by atoms with E-state index in [0.29, 0.717) is 31.6 Å². The van der Waals surface area contributed by atoms with Crippen LogP contribution in [0.2, 0.25) is 0 Å². The second kappa shape index (κ2) is 9.94. The Morgan fingerprint density at radius 2 is 1.87 bits per heavy atom. The van der Waals surface area contributed by atoms with Crippen LogP contribution in [0, 0.1) is 6.92 Å². The molecule has 2 aromatic carbocycles. The molecule has 0 spiro atoms. The number of carbonyl (C=O) groups is 1. The van der Waals surface area contributed by atoms with E-state index in [1.807, 2.05) is 25.1 Å².